The average molecular weight is 403 g/mol. The van der Waals surface area contributed by atoms with Gasteiger partial charge in [0, 0.05) is 51.1 Å². The zero-order chi connectivity index (χ0) is 19.9. The first-order chi connectivity index (χ1) is 13.5. The Bertz CT molecular complexity index is 787. The van der Waals surface area contributed by atoms with Gasteiger partial charge in [-0.3, -0.25) is 9.59 Å². The van der Waals surface area contributed by atoms with E-state index in [0.717, 1.165) is 23.9 Å². The van der Waals surface area contributed by atoms with Crippen molar-refractivity contribution in [2.45, 2.75) is 39.0 Å². The maximum absolute atomic E-state index is 12.4. The minimum atomic E-state index is -0.126. The minimum Gasteiger partial charge on any atom is -0.353 e. The summed E-state index contributed by atoms with van der Waals surface area (Å²) < 4.78 is 0. The lowest BCUT2D eigenvalue weighted by Gasteiger charge is -2.35. The van der Waals surface area contributed by atoms with Gasteiger partial charge in [0.2, 0.25) is 16.9 Å². The quantitative estimate of drug-likeness (QED) is 0.765. The molecule has 3 rings (SSSR count). The molecule has 0 spiro atoms. The SMILES string of the molecule is CC(C)c1nnc(NC(=O)CCCC(=O)N2CCN(c3ccccn3)CC2)s1. The van der Waals surface area contributed by atoms with E-state index < -0.39 is 0 Å². The molecule has 9 heteroatoms. The molecule has 0 saturated carbocycles. The first-order valence-corrected chi connectivity index (χ1v) is 10.4. The predicted molar refractivity (Wildman–Crippen MR) is 110 cm³/mol. The highest BCUT2D eigenvalue weighted by Crippen LogP contribution is 2.22. The highest BCUT2D eigenvalue weighted by atomic mass is 32.1. The molecule has 0 bridgehead atoms. The van der Waals surface area contributed by atoms with E-state index in [-0.39, 0.29) is 11.8 Å². The van der Waals surface area contributed by atoms with Crippen LogP contribution in [0.25, 0.3) is 0 Å². The van der Waals surface area contributed by atoms with Crippen LogP contribution in [0, 0.1) is 0 Å². The molecule has 0 atom stereocenters. The first kappa shape index (κ1) is 20.2. The summed E-state index contributed by atoms with van der Waals surface area (Å²) in [6, 6.07) is 5.85. The smallest absolute Gasteiger partial charge is 0.226 e. The lowest BCUT2D eigenvalue weighted by molar-refractivity contribution is -0.131. The van der Waals surface area contributed by atoms with Crippen molar-refractivity contribution in [3.8, 4) is 0 Å². The molecule has 0 aliphatic carbocycles. The summed E-state index contributed by atoms with van der Waals surface area (Å²) >= 11 is 1.39. The normalized spacial score (nSPS) is 14.4. The van der Waals surface area contributed by atoms with Gasteiger partial charge in [0.25, 0.3) is 0 Å². The standard InChI is InChI=1S/C19H26N6O2S/c1-14(2)18-22-23-19(28-18)21-16(26)7-5-8-17(27)25-12-10-24(11-13-25)15-6-3-4-9-20-15/h3-4,6,9,14H,5,7-8,10-13H2,1-2H3,(H,21,23,26). The molecule has 1 saturated heterocycles. The molecule has 2 aromatic heterocycles. The Morgan fingerprint density at radius 2 is 1.93 bits per heavy atom. The molecule has 3 heterocycles. The first-order valence-electron chi connectivity index (χ1n) is 9.60. The van der Waals surface area contributed by atoms with Gasteiger partial charge in [-0.25, -0.2) is 4.98 Å². The number of amides is 2. The van der Waals surface area contributed by atoms with Crippen LogP contribution in [0.3, 0.4) is 0 Å². The largest absolute Gasteiger partial charge is 0.353 e. The molecule has 2 aromatic rings. The number of rotatable bonds is 7. The average Bonchev–Trinajstić information content (AvgIpc) is 3.17. The van der Waals surface area contributed by atoms with E-state index in [1.54, 1.807) is 6.20 Å². The predicted octanol–water partition coefficient (Wildman–Crippen LogP) is 2.51. The van der Waals surface area contributed by atoms with Gasteiger partial charge in [0.1, 0.15) is 10.8 Å². The Hall–Kier alpha value is -2.55. The van der Waals surface area contributed by atoms with Gasteiger partial charge < -0.3 is 15.1 Å². The summed E-state index contributed by atoms with van der Waals surface area (Å²) in [5, 5.41) is 12.2. The summed E-state index contributed by atoms with van der Waals surface area (Å²) in [5.74, 6) is 1.22. The topological polar surface area (TPSA) is 91.3 Å². The Morgan fingerprint density at radius 3 is 2.57 bits per heavy atom. The third kappa shape index (κ3) is 5.48. The maximum Gasteiger partial charge on any atom is 0.226 e. The van der Waals surface area contributed by atoms with Crippen molar-refractivity contribution in [1.82, 2.24) is 20.1 Å². The number of anilines is 2. The molecule has 2 amide bonds. The summed E-state index contributed by atoms with van der Waals surface area (Å²) in [6.45, 7) is 6.99. The van der Waals surface area contributed by atoms with Gasteiger partial charge in [-0.1, -0.05) is 31.3 Å². The second-order valence-corrected chi connectivity index (χ2v) is 8.07. The highest BCUT2D eigenvalue weighted by molar-refractivity contribution is 7.15. The van der Waals surface area contributed by atoms with Crippen LogP contribution in [0.1, 0.15) is 44.0 Å². The van der Waals surface area contributed by atoms with Crippen LogP contribution in [-0.2, 0) is 9.59 Å². The van der Waals surface area contributed by atoms with Crippen molar-refractivity contribution < 1.29 is 9.59 Å². The summed E-state index contributed by atoms with van der Waals surface area (Å²) in [6.07, 6.45) is 2.99. The number of piperazine rings is 1. The molecular formula is C19H26N6O2S. The van der Waals surface area contributed by atoms with Crippen LogP contribution >= 0.6 is 11.3 Å². The van der Waals surface area contributed by atoms with Crippen LogP contribution in [0.4, 0.5) is 10.9 Å². The Kier molecular flexibility index (Phi) is 6.91. The third-order valence-corrected chi connectivity index (χ3v) is 5.72. The lowest BCUT2D eigenvalue weighted by atomic mass is 10.2. The number of carbonyl (C=O) groups excluding carboxylic acids is 2. The number of pyridine rings is 1. The van der Waals surface area contributed by atoms with Crippen molar-refractivity contribution >= 4 is 34.1 Å². The van der Waals surface area contributed by atoms with Crippen LogP contribution in [0.2, 0.25) is 0 Å². The van der Waals surface area contributed by atoms with E-state index >= 15 is 0 Å². The lowest BCUT2D eigenvalue weighted by Crippen LogP contribution is -2.49. The van der Waals surface area contributed by atoms with Crippen LogP contribution in [-0.4, -0.2) is 58.1 Å². The van der Waals surface area contributed by atoms with Gasteiger partial charge in [-0.2, -0.15) is 0 Å². The molecule has 1 aliphatic rings. The molecule has 0 radical (unpaired) electrons. The fraction of sp³-hybridized carbons (Fsp3) is 0.526. The number of carbonyl (C=O) groups is 2. The molecule has 0 unspecified atom stereocenters. The maximum atomic E-state index is 12.4. The van der Waals surface area contributed by atoms with Crippen molar-refractivity contribution in [3.63, 3.8) is 0 Å². The van der Waals surface area contributed by atoms with Crippen molar-refractivity contribution in [1.29, 1.82) is 0 Å². The van der Waals surface area contributed by atoms with Gasteiger partial charge in [-0.15, -0.1) is 10.2 Å². The van der Waals surface area contributed by atoms with E-state index in [9.17, 15) is 9.59 Å². The molecule has 1 fully saturated rings. The Balaban J connectivity index is 1.36. The molecular weight excluding hydrogens is 376 g/mol. The molecule has 1 N–H and O–H groups in total. The minimum absolute atomic E-state index is 0.103. The zero-order valence-corrected chi connectivity index (χ0v) is 17.1. The number of nitrogens with zero attached hydrogens (tertiary/aromatic N) is 5. The van der Waals surface area contributed by atoms with Crippen LogP contribution in [0.15, 0.2) is 24.4 Å². The van der Waals surface area contributed by atoms with Gasteiger partial charge >= 0.3 is 0 Å². The van der Waals surface area contributed by atoms with Gasteiger partial charge in [0.05, 0.1) is 0 Å². The number of hydrogen-bond donors (Lipinski definition) is 1. The molecule has 1 aliphatic heterocycles. The Labute approximate surface area is 169 Å². The van der Waals surface area contributed by atoms with Crippen molar-refractivity contribution in [3.05, 3.63) is 29.4 Å². The summed E-state index contributed by atoms with van der Waals surface area (Å²) in [4.78, 5) is 32.9. The number of aromatic nitrogens is 3. The molecule has 8 nitrogen and oxygen atoms in total. The fourth-order valence-corrected chi connectivity index (χ4v) is 3.75. The van der Waals surface area contributed by atoms with Crippen molar-refractivity contribution in [2.24, 2.45) is 0 Å². The van der Waals surface area contributed by atoms with E-state index in [4.69, 9.17) is 0 Å². The van der Waals surface area contributed by atoms with Gasteiger partial charge in [0.15, 0.2) is 0 Å². The fourth-order valence-electron chi connectivity index (χ4n) is 2.98. The van der Waals surface area contributed by atoms with Crippen LogP contribution in [0.5, 0.6) is 0 Å². The van der Waals surface area contributed by atoms with E-state index in [1.807, 2.05) is 36.9 Å². The third-order valence-electron chi connectivity index (χ3n) is 4.58. The molecule has 0 aromatic carbocycles. The number of nitrogens with one attached hydrogen (secondary N) is 1. The second-order valence-electron chi connectivity index (χ2n) is 7.06. The van der Waals surface area contributed by atoms with Crippen LogP contribution < -0.4 is 10.2 Å². The molecule has 28 heavy (non-hydrogen) atoms. The monoisotopic (exact) mass is 402 g/mol. The van der Waals surface area contributed by atoms with Gasteiger partial charge in [-0.05, 0) is 18.6 Å². The zero-order valence-electron chi connectivity index (χ0n) is 16.3. The summed E-state index contributed by atoms with van der Waals surface area (Å²) in [5.41, 5.74) is 0. The van der Waals surface area contributed by atoms with E-state index in [2.05, 4.69) is 25.4 Å². The second kappa shape index (κ2) is 9.59. The van der Waals surface area contributed by atoms with E-state index in [0.29, 0.717) is 43.4 Å². The van der Waals surface area contributed by atoms with Crippen molar-refractivity contribution in [2.75, 3.05) is 36.4 Å². The van der Waals surface area contributed by atoms with E-state index in [1.165, 1.54) is 11.3 Å². The number of hydrogen-bond acceptors (Lipinski definition) is 7. The molecule has 150 valence electrons. The highest BCUT2D eigenvalue weighted by Gasteiger charge is 2.21. The summed E-state index contributed by atoms with van der Waals surface area (Å²) in [7, 11) is 0. The Morgan fingerprint density at radius 1 is 1.14 bits per heavy atom.